The van der Waals surface area contributed by atoms with Crippen molar-refractivity contribution >= 4 is 35.3 Å². The third-order valence-corrected chi connectivity index (χ3v) is 4.23. The Hall–Kier alpha value is -2.47. The first-order chi connectivity index (χ1) is 10.8. The molecule has 3 rings (SSSR count). The van der Waals surface area contributed by atoms with E-state index < -0.39 is 0 Å². The molecule has 22 heavy (non-hydrogen) atoms. The molecule has 0 spiro atoms. The number of amides is 1. The van der Waals surface area contributed by atoms with Crippen LogP contribution in [0.1, 0.15) is 0 Å². The number of hydrogen-bond donors (Lipinski definition) is 2. The van der Waals surface area contributed by atoms with Crippen LogP contribution >= 0.6 is 11.8 Å². The summed E-state index contributed by atoms with van der Waals surface area (Å²) in [5.74, 6) is 0.282. The average Bonchev–Trinajstić information content (AvgIpc) is 2.56. The van der Waals surface area contributed by atoms with Gasteiger partial charge in [0.15, 0.2) is 6.61 Å². The molecule has 0 bridgehead atoms. The predicted molar refractivity (Wildman–Crippen MR) is 84.9 cm³/mol. The number of carbonyl (C=O) groups excluding carboxylic acids is 2. The molecule has 0 aromatic heterocycles. The van der Waals surface area contributed by atoms with E-state index in [0.29, 0.717) is 12.0 Å². The standard InChI is InChI=1S/C16H14N2O3S/c19-8-7-17-16(20)10-21-11-5-6-15-13(9-11)18-12-3-1-2-4-14(12)22-15/h1-6,8-9,18H,7,10H2,(H,17,20). The van der Waals surface area contributed by atoms with Crippen LogP contribution in [0.2, 0.25) is 0 Å². The molecular formula is C16H14N2O3S. The van der Waals surface area contributed by atoms with Crippen molar-refractivity contribution in [3.8, 4) is 5.75 Å². The van der Waals surface area contributed by atoms with Gasteiger partial charge in [0.2, 0.25) is 0 Å². The second-order valence-corrected chi connectivity index (χ2v) is 5.72. The lowest BCUT2D eigenvalue weighted by atomic mass is 10.2. The first-order valence-corrected chi connectivity index (χ1v) is 7.59. The number of anilines is 2. The summed E-state index contributed by atoms with van der Waals surface area (Å²) in [6, 6.07) is 13.7. The fourth-order valence-electron chi connectivity index (χ4n) is 2.06. The highest BCUT2D eigenvalue weighted by Gasteiger charge is 2.15. The van der Waals surface area contributed by atoms with E-state index >= 15 is 0 Å². The van der Waals surface area contributed by atoms with Gasteiger partial charge in [0, 0.05) is 15.9 Å². The third-order valence-electron chi connectivity index (χ3n) is 3.08. The number of para-hydroxylation sites is 1. The molecule has 2 N–H and O–H groups in total. The highest BCUT2D eigenvalue weighted by molar-refractivity contribution is 7.99. The molecule has 5 nitrogen and oxygen atoms in total. The van der Waals surface area contributed by atoms with Gasteiger partial charge < -0.3 is 20.2 Å². The maximum atomic E-state index is 11.4. The van der Waals surface area contributed by atoms with Crippen LogP contribution in [0.5, 0.6) is 5.75 Å². The number of aldehydes is 1. The Morgan fingerprint density at radius 1 is 1.18 bits per heavy atom. The maximum absolute atomic E-state index is 11.4. The summed E-state index contributed by atoms with van der Waals surface area (Å²) in [4.78, 5) is 23.9. The van der Waals surface area contributed by atoms with E-state index in [1.54, 1.807) is 11.8 Å². The van der Waals surface area contributed by atoms with Crippen molar-refractivity contribution in [1.82, 2.24) is 5.32 Å². The molecule has 1 heterocycles. The summed E-state index contributed by atoms with van der Waals surface area (Å²) >= 11 is 1.69. The monoisotopic (exact) mass is 314 g/mol. The average molecular weight is 314 g/mol. The van der Waals surface area contributed by atoms with Crippen molar-refractivity contribution in [2.45, 2.75) is 9.79 Å². The molecule has 0 saturated carbocycles. The molecule has 1 aliphatic heterocycles. The number of benzene rings is 2. The van der Waals surface area contributed by atoms with Gasteiger partial charge in [-0.25, -0.2) is 0 Å². The zero-order chi connectivity index (χ0) is 15.4. The van der Waals surface area contributed by atoms with E-state index in [1.165, 1.54) is 4.90 Å². The van der Waals surface area contributed by atoms with Crippen molar-refractivity contribution in [1.29, 1.82) is 0 Å². The smallest absolute Gasteiger partial charge is 0.258 e. The zero-order valence-electron chi connectivity index (χ0n) is 11.7. The molecule has 0 aliphatic carbocycles. The SMILES string of the molecule is O=CCNC(=O)COc1ccc2c(c1)Nc1ccccc1S2. The molecule has 0 radical (unpaired) electrons. The lowest BCUT2D eigenvalue weighted by Crippen LogP contribution is -2.30. The molecule has 112 valence electrons. The molecule has 0 unspecified atom stereocenters. The van der Waals surface area contributed by atoms with Crippen LogP contribution in [0.15, 0.2) is 52.3 Å². The van der Waals surface area contributed by atoms with E-state index in [9.17, 15) is 9.59 Å². The molecule has 2 aromatic rings. The minimum atomic E-state index is -0.322. The Labute approximate surface area is 132 Å². The van der Waals surface area contributed by atoms with E-state index in [0.717, 1.165) is 16.3 Å². The topological polar surface area (TPSA) is 67.4 Å². The third kappa shape index (κ3) is 3.23. The van der Waals surface area contributed by atoms with Gasteiger partial charge in [-0.2, -0.15) is 0 Å². The first-order valence-electron chi connectivity index (χ1n) is 6.77. The molecule has 1 amide bonds. The molecule has 0 atom stereocenters. The molecule has 1 aliphatic rings. The van der Waals surface area contributed by atoms with Crippen molar-refractivity contribution in [3.05, 3.63) is 42.5 Å². The van der Waals surface area contributed by atoms with Gasteiger partial charge in [-0.1, -0.05) is 23.9 Å². The number of ether oxygens (including phenoxy) is 1. The van der Waals surface area contributed by atoms with Crippen molar-refractivity contribution in [2.24, 2.45) is 0 Å². The van der Waals surface area contributed by atoms with Crippen LogP contribution in [0.3, 0.4) is 0 Å². The van der Waals surface area contributed by atoms with Gasteiger partial charge in [0.05, 0.1) is 17.9 Å². The molecule has 2 aromatic carbocycles. The van der Waals surface area contributed by atoms with Crippen LogP contribution in [0, 0.1) is 0 Å². The fraction of sp³-hybridized carbons (Fsp3) is 0.125. The second kappa shape index (κ2) is 6.53. The largest absolute Gasteiger partial charge is 0.484 e. The van der Waals surface area contributed by atoms with E-state index in [-0.39, 0.29) is 19.1 Å². The summed E-state index contributed by atoms with van der Waals surface area (Å²) in [5.41, 5.74) is 2.01. The highest BCUT2D eigenvalue weighted by Crippen LogP contribution is 2.44. The van der Waals surface area contributed by atoms with E-state index in [1.807, 2.05) is 36.4 Å². The summed E-state index contributed by atoms with van der Waals surface area (Å²) in [6.45, 7) is -0.113. The second-order valence-electron chi connectivity index (χ2n) is 4.64. The normalized spacial score (nSPS) is 11.6. The van der Waals surface area contributed by atoms with Crippen LogP contribution in [-0.4, -0.2) is 25.3 Å². The molecule has 0 fully saturated rings. The first kappa shape index (κ1) is 14.5. The summed E-state index contributed by atoms with van der Waals surface area (Å²) in [6.07, 6.45) is 0.634. The molecular weight excluding hydrogens is 300 g/mol. The van der Waals surface area contributed by atoms with Gasteiger partial charge >= 0.3 is 0 Å². The van der Waals surface area contributed by atoms with Crippen LogP contribution in [0.4, 0.5) is 11.4 Å². The predicted octanol–water partition coefficient (Wildman–Crippen LogP) is 2.59. The Kier molecular flexibility index (Phi) is 4.29. The van der Waals surface area contributed by atoms with Gasteiger partial charge in [0.1, 0.15) is 12.0 Å². The minimum absolute atomic E-state index is 0.00135. The lowest BCUT2D eigenvalue weighted by molar-refractivity contribution is -0.124. The van der Waals surface area contributed by atoms with Crippen LogP contribution in [-0.2, 0) is 9.59 Å². The summed E-state index contributed by atoms with van der Waals surface area (Å²) in [7, 11) is 0. The minimum Gasteiger partial charge on any atom is -0.484 e. The van der Waals surface area contributed by atoms with E-state index in [4.69, 9.17) is 4.74 Å². The number of rotatable bonds is 5. The summed E-state index contributed by atoms with van der Waals surface area (Å²) in [5, 5.41) is 5.78. The van der Waals surface area contributed by atoms with Gasteiger partial charge in [-0.3, -0.25) is 4.79 Å². The Morgan fingerprint density at radius 3 is 2.86 bits per heavy atom. The Bertz CT molecular complexity index is 718. The number of nitrogens with one attached hydrogen (secondary N) is 2. The van der Waals surface area contributed by atoms with Gasteiger partial charge in [-0.05, 0) is 24.3 Å². The number of hydrogen-bond acceptors (Lipinski definition) is 5. The van der Waals surface area contributed by atoms with Crippen molar-refractivity contribution < 1.29 is 14.3 Å². The highest BCUT2D eigenvalue weighted by atomic mass is 32.2. The Morgan fingerprint density at radius 2 is 2.00 bits per heavy atom. The van der Waals surface area contributed by atoms with Crippen LogP contribution < -0.4 is 15.4 Å². The summed E-state index contributed by atoms with van der Waals surface area (Å²) < 4.78 is 5.44. The quantitative estimate of drug-likeness (QED) is 0.709. The lowest BCUT2D eigenvalue weighted by Gasteiger charge is -2.21. The fourth-order valence-corrected chi connectivity index (χ4v) is 3.03. The zero-order valence-corrected chi connectivity index (χ0v) is 12.5. The number of carbonyl (C=O) groups is 2. The number of fused-ring (bicyclic) bond motifs is 2. The molecule has 0 saturated heterocycles. The van der Waals surface area contributed by atoms with E-state index in [2.05, 4.69) is 16.7 Å². The molecule has 6 heteroatoms. The Balaban J connectivity index is 1.68. The van der Waals surface area contributed by atoms with Crippen molar-refractivity contribution in [3.63, 3.8) is 0 Å². The van der Waals surface area contributed by atoms with Crippen LogP contribution in [0.25, 0.3) is 0 Å². The van der Waals surface area contributed by atoms with Gasteiger partial charge in [-0.15, -0.1) is 0 Å². The maximum Gasteiger partial charge on any atom is 0.258 e. The van der Waals surface area contributed by atoms with Gasteiger partial charge in [0.25, 0.3) is 5.91 Å². The van der Waals surface area contributed by atoms with Crippen molar-refractivity contribution in [2.75, 3.05) is 18.5 Å².